The largest absolute Gasteiger partial charge is 0.478 e. The Hall–Kier alpha value is -2.63. The summed E-state index contributed by atoms with van der Waals surface area (Å²) >= 11 is 0. The van der Waals surface area contributed by atoms with Crippen LogP contribution in [0.15, 0.2) is 30.5 Å². The lowest BCUT2D eigenvalue weighted by Crippen LogP contribution is -2.17. The smallest absolute Gasteiger partial charge is 0.339 e. The van der Waals surface area contributed by atoms with E-state index in [-0.39, 0.29) is 11.5 Å². The Morgan fingerprint density at radius 2 is 2.17 bits per heavy atom. The Morgan fingerprint density at radius 1 is 1.38 bits per heavy atom. The van der Waals surface area contributed by atoms with Crippen molar-refractivity contribution in [3.05, 3.63) is 41.7 Å². The van der Waals surface area contributed by atoms with E-state index in [1.165, 1.54) is 25.5 Å². The molecule has 0 bridgehead atoms. The molecule has 1 fully saturated rings. The number of hydrogen-bond acceptors (Lipinski definition) is 3. The number of amides is 1. The fraction of sp³-hybridized carbons (Fsp3) is 0.389. The van der Waals surface area contributed by atoms with E-state index >= 15 is 0 Å². The number of nitrogens with zero attached hydrogens (tertiary/aromatic N) is 2. The predicted molar refractivity (Wildman–Crippen MR) is 90.5 cm³/mol. The van der Waals surface area contributed by atoms with Crippen LogP contribution in [0, 0.1) is 12.8 Å². The Kier molecular flexibility index (Phi) is 4.64. The first-order valence-corrected chi connectivity index (χ1v) is 8.23. The van der Waals surface area contributed by atoms with Gasteiger partial charge in [0, 0.05) is 12.1 Å². The van der Waals surface area contributed by atoms with Crippen molar-refractivity contribution < 1.29 is 14.7 Å². The van der Waals surface area contributed by atoms with Gasteiger partial charge in [-0.3, -0.25) is 4.79 Å². The molecule has 0 radical (unpaired) electrons. The van der Waals surface area contributed by atoms with Gasteiger partial charge >= 0.3 is 5.97 Å². The number of rotatable bonds is 6. The number of carbonyl (C=O) groups is 2. The highest BCUT2D eigenvalue weighted by atomic mass is 16.4. The maximum absolute atomic E-state index is 12.1. The normalized spacial score (nSPS) is 14.2. The zero-order valence-corrected chi connectivity index (χ0v) is 13.7. The summed E-state index contributed by atoms with van der Waals surface area (Å²) in [6, 6.07) is 7.27. The van der Waals surface area contributed by atoms with Crippen molar-refractivity contribution in [3.8, 4) is 5.69 Å². The molecule has 1 aromatic carbocycles. The number of aromatic carboxylic acids is 1. The summed E-state index contributed by atoms with van der Waals surface area (Å²) in [7, 11) is 0. The van der Waals surface area contributed by atoms with E-state index in [0.29, 0.717) is 23.7 Å². The number of hydrogen-bond donors (Lipinski definition) is 2. The lowest BCUT2D eigenvalue weighted by Gasteiger charge is -2.24. The van der Waals surface area contributed by atoms with Crippen molar-refractivity contribution in [1.29, 1.82) is 0 Å². The number of nitrogens with one attached hydrogen (secondary N) is 1. The van der Waals surface area contributed by atoms with Gasteiger partial charge in [-0.2, -0.15) is 5.10 Å². The Bertz CT molecular complexity index is 763. The molecular formula is C18H21N3O3. The molecule has 0 aliphatic heterocycles. The molecule has 1 aromatic heterocycles. The minimum atomic E-state index is -1.00. The van der Waals surface area contributed by atoms with Crippen LogP contribution in [0.2, 0.25) is 0 Å². The number of benzene rings is 1. The molecule has 2 aromatic rings. The van der Waals surface area contributed by atoms with Crippen LogP contribution in [0.1, 0.15) is 48.2 Å². The van der Waals surface area contributed by atoms with Gasteiger partial charge in [-0.05, 0) is 37.5 Å². The fourth-order valence-electron chi connectivity index (χ4n) is 2.94. The summed E-state index contributed by atoms with van der Waals surface area (Å²) in [6.45, 7) is 1.71. The molecule has 1 heterocycles. The standard InChI is InChI=1S/C18H21N3O3/c1-12-16(18(23)24)11-19-21(12)15-7-3-6-14(10-15)20-17(22)9-8-13-4-2-5-13/h3,6-7,10-11,13H,2,4-5,8-9H2,1H3,(H,20,22)(H,23,24). The molecular weight excluding hydrogens is 306 g/mol. The number of aromatic nitrogens is 2. The Labute approximate surface area is 140 Å². The molecule has 126 valence electrons. The van der Waals surface area contributed by atoms with Gasteiger partial charge in [0.2, 0.25) is 5.91 Å². The van der Waals surface area contributed by atoms with Gasteiger partial charge < -0.3 is 10.4 Å². The molecule has 3 rings (SSSR count). The van der Waals surface area contributed by atoms with Gasteiger partial charge in [0.25, 0.3) is 0 Å². The lowest BCUT2D eigenvalue weighted by molar-refractivity contribution is -0.116. The van der Waals surface area contributed by atoms with Crippen LogP contribution in [0.25, 0.3) is 5.69 Å². The zero-order valence-electron chi connectivity index (χ0n) is 13.7. The summed E-state index contributed by atoms with van der Waals surface area (Å²) in [4.78, 5) is 23.2. The summed E-state index contributed by atoms with van der Waals surface area (Å²) in [6.07, 6.45) is 6.60. The topological polar surface area (TPSA) is 84.2 Å². The highest BCUT2D eigenvalue weighted by molar-refractivity contribution is 5.91. The van der Waals surface area contributed by atoms with Crippen molar-refractivity contribution in [2.75, 3.05) is 5.32 Å². The number of carbonyl (C=O) groups excluding carboxylic acids is 1. The van der Waals surface area contributed by atoms with Gasteiger partial charge in [-0.15, -0.1) is 0 Å². The monoisotopic (exact) mass is 327 g/mol. The van der Waals surface area contributed by atoms with E-state index in [9.17, 15) is 9.59 Å². The third-order valence-corrected chi connectivity index (χ3v) is 4.62. The van der Waals surface area contributed by atoms with Gasteiger partial charge in [-0.25, -0.2) is 9.48 Å². The summed E-state index contributed by atoms with van der Waals surface area (Å²) < 4.78 is 1.56. The van der Waals surface area contributed by atoms with Crippen LogP contribution in [-0.4, -0.2) is 26.8 Å². The molecule has 1 saturated carbocycles. The van der Waals surface area contributed by atoms with E-state index in [4.69, 9.17) is 5.11 Å². The van der Waals surface area contributed by atoms with Crippen LogP contribution in [-0.2, 0) is 4.79 Å². The molecule has 1 amide bonds. The Morgan fingerprint density at radius 3 is 2.79 bits per heavy atom. The van der Waals surface area contributed by atoms with Crippen LogP contribution < -0.4 is 5.32 Å². The quantitative estimate of drug-likeness (QED) is 0.851. The first kappa shape index (κ1) is 16.2. The second kappa shape index (κ2) is 6.86. The van der Waals surface area contributed by atoms with Crippen molar-refractivity contribution >= 4 is 17.6 Å². The van der Waals surface area contributed by atoms with Gasteiger partial charge in [0.1, 0.15) is 5.56 Å². The molecule has 0 atom stereocenters. The molecule has 0 unspecified atom stereocenters. The number of carboxylic acids is 1. The van der Waals surface area contributed by atoms with Crippen LogP contribution in [0.5, 0.6) is 0 Å². The first-order chi connectivity index (χ1) is 11.5. The number of carboxylic acid groups (broad SMARTS) is 1. The summed E-state index contributed by atoms with van der Waals surface area (Å²) in [5.41, 5.74) is 2.13. The molecule has 1 aliphatic carbocycles. The molecule has 0 saturated heterocycles. The van der Waals surface area contributed by atoms with Crippen LogP contribution in [0.3, 0.4) is 0 Å². The lowest BCUT2D eigenvalue weighted by atomic mass is 9.82. The number of anilines is 1. The third kappa shape index (κ3) is 3.48. The highest BCUT2D eigenvalue weighted by Gasteiger charge is 2.18. The van der Waals surface area contributed by atoms with E-state index in [2.05, 4.69) is 10.4 Å². The molecule has 2 N–H and O–H groups in total. The third-order valence-electron chi connectivity index (χ3n) is 4.62. The fourth-order valence-corrected chi connectivity index (χ4v) is 2.94. The van der Waals surface area contributed by atoms with Crippen LogP contribution >= 0.6 is 0 Å². The van der Waals surface area contributed by atoms with E-state index in [1.807, 2.05) is 18.2 Å². The minimum absolute atomic E-state index is 0.0162. The average molecular weight is 327 g/mol. The van der Waals surface area contributed by atoms with Crippen molar-refractivity contribution in [2.45, 2.75) is 39.0 Å². The van der Waals surface area contributed by atoms with E-state index < -0.39 is 5.97 Å². The highest BCUT2D eigenvalue weighted by Crippen LogP contribution is 2.30. The summed E-state index contributed by atoms with van der Waals surface area (Å²) in [5, 5.41) is 16.2. The van der Waals surface area contributed by atoms with Crippen molar-refractivity contribution in [1.82, 2.24) is 9.78 Å². The summed E-state index contributed by atoms with van der Waals surface area (Å²) in [5.74, 6) is -0.273. The van der Waals surface area contributed by atoms with E-state index in [1.54, 1.807) is 17.7 Å². The first-order valence-electron chi connectivity index (χ1n) is 8.23. The average Bonchev–Trinajstić information content (AvgIpc) is 2.88. The molecule has 24 heavy (non-hydrogen) atoms. The SMILES string of the molecule is Cc1c(C(=O)O)cnn1-c1cccc(NC(=O)CCC2CCC2)c1. The predicted octanol–water partition coefficient (Wildman–Crippen LogP) is 3.40. The van der Waals surface area contributed by atoms with Gasteiger partial charge in [0.05, 0.1) is 17.6 Å². The van der Waals surface area contributed by atoms with Crippen molar-refractivity contribution in [3.63, 3.8) is 0 Å². The minimum Gasteiger partial charge on any atom is -0.478 e. The molecule has 0 spiro atoms. The van der Waals surface area contributed by atoms with Crippen LogP contribution in [0.4, 0.5) is 5.69 Å². The maximum Gasteiger partial charge on any atom is 0.339 e. The molecule has 6 heteroatoms. The van der Waals surface area contributed by atoms with Gasteiger partial charge in [-0.1, -0.05) is 25.3 Å². The second-order valence-electron chi connectivity index (χ2n) is 6.29. The maximum atomic E-state index is 12.1. The van der Waals surface area contributed by atoms with Gasteiger partial charge in [0.15, 0.2) is 0 Å². The molecule has 6 nitrogen and oxygen atoms in total. The second-order valence-corrected chi connectivity index (χ2v) is 6.29. The van der Waals surface area contributed by atoms with E-state index in [0.717, 1.165) is 12.1 Å². The van der Waals surface area contributed by atoms with Crippen molar-refractivity contribution in [2.24, 2.45) is 5.92 Å². The zero-order chi connectivity index (χ0) is 17.1. The Balaban J connectivity index is 1.69. The molecule has 1 aliphatic rings.